The first-order chi connectivity index (χ1) is 12.5. The van der Waals surface area contributed by atoms with E-state index >= 15 is 0 Å². The molecule has 1 rings (SSSR count). The molecule has 156 valence electrons. The van der Waals surface area contributed by atoms with Crippen LogP contribution in [0.2, 0.25) is 0 Å². The van der Waals surface area contributed by atoms with Crippen LogP contribution in [0.5, 0.6) is 0 Å². The number of unbranched alkanes of at least 4 members (excludes halogenated alkanes) is 1. The van der Waals surface area contributed by atoms with Crippen molar-refractivity contribution >= 4 is 10.5 Å². The Morgan fingerprint density at radius 1 is 0.815 bits per heavy atom. The van der Waals surface area contributed by atoms with E-state index in [9.17, 15) is 26.3 Å². The van der Waals surface area contributed by atoms with Crippen molar-refractivity contribution in [1.29, 1.82) is 0 Å². The minimum atomic E-state index is -4.84. The van der Waals surface area contributed by atoms with Crippen LogP contribution in [0.25, 0.3) is 0 Å². The van der Waals surface area contributed by atoms with Crippen molar-refractivity contribution in [2.75, 3.05) is 13.2 Å². The van der Waals surface area contributed by atoms with Crippen LogP contribution in [0.15, 0.2) is 18.2 Å². The summed E-state index contributed by atoms with van der Waals surface area (Å²) < 4.78 is 93.7. The molecule has 0 fully saturated rings. The molecule has 0 radical (unpaired) electrons. The Hall–Kier alpha value is -1.10. The Labute approximate surface area is 157 Å². The smallest absolute Gasteiger partial charge is 0.380 e. The molecule has 0 spiro atoms. The maximum atomic E-state index is 12.9. The molecule has 0 aromatic heterocycles. The fourth-order valence-corrected chi connectivity index (χ4v) is 3.12. The van der Waals surface area contributed by atoms with Crippen molar-refractivity contribution in [3.8, 4) is 0 Å². The van der Waals surface area contributed by atoms with Gasteiger partial charge in [0.2, 0.25) is 0 Å². The molecule has 10 heteroatoms. The molecule has 0 N–H and O–H groups in total. The fourth-order valence-electron chi connectivity index (χ4n) is 2.68. The van der Waals surface area contributed by atoms with Gasteiger partial charge in [-0.3, -0.25) is 0 Å². The van der Waals surface area contributed by atoms with Crippen LogP contribution >= 0.6 is 0 Å². The first-order valence-electron chi connectivity index (χ1n) is 8.59. The highest BCUT2D eigenvalue weighted by atomic mass is 28.2. The number of benzene rings is 1. The highest BCUT2D eigenvalue weighted by molar-refractivity contribution is 5.98. The van der Waals surface area contributed by atoms with E-state index in [4.69, 9.17) is 13.9 Å². The van der Waals surface area contributed by atoms with E-state index in [2.05, 4.69) is 0 Å². The van der Waals surface area contributed by atoms with Gasteiger partial charge in [0.05, 0.1) is 11.1 Å². The largest absolute Gasteiger partial charge is 0.416 e. The molecule has 1 aromatic rings. The molecular formula is C17H24F6O3Si. The second-order valence-electron chi connectivity index (χ2n) is 5.87. The van der Waals surface area contributed by atoms with Crippen LogP contribution < -0.4 is 0 Å². The Bertz CT molecular complexity index is 551. The third kappa shape index (κ3) is 7.44. The monoisotopic (exact) mass is 418 g/mol. The average molecular weight is 418 g/mol. The molecule has 0 aliphatic rings. The van der Waals surface area contributed by atoms with Crippen molar-refractivity contribution in [2.45, 2.75) is 57.9 Å². The van der Waals surface area contributed by atoms with Crippen LogP contribution in [-0.4, -0.2) is 29.7 Å². The molecule has 0 saturated carbocycles. The third-order valence-electron chi connectivity index (χ3n) is 3.89. The first kappa shape index (κ1) is 23.9. The lowest BCUT2D eigenvalue weighted by Crippen LogP contribution is -2.38. The second-order valence-corrected chi connectivity index (χ2v) is 6.28. The van der Waals surface area contributed by atoms with E-state index in [-0.39, 0.29) is 18.1 Å². The number of alkyl halides is 6. The van der Waals surface area contributed by atoms with Crippen LogP contribution in [0, 0.1) is 0 Å². The van der Waals surface area contributed by atoms with Gasteiger partial charge in [-0.2, -0.15) is 26.3 Å². The molecule has 0 saturated heterocycles. The summed E-state index contributed by atoms with van der Waals surface area (Å²) in [6, 6.07) is 1.65. The Morgan fingerprint density at radius 2 is 1.30 bits per heavy atom. The molecular weight excluding hydrogens is 394 g/mol. The molecule has 27 heavy (non-hydrogen) atoms. The summed E-state index contributed by atoms with van der Waals surface area (Å²) in [5.74, 6) is -1.19. The van der Waals surface area contributed by atoms with Crippen LogP contribution in [0.4, 0.5) is 26.3 Å². The first-order valence-corrected chi connectivity index (χ1v) is 9.40. The van der Waals surface area contributed by atoms with Crippen molar-refractivity contribution in [1.82, 2.24) is 0 Å². The fraction of sp³-hybridized carbons (Fsp3) is 0.647. The standard InChI is InChI=1S/C17H24F6O3Si/c1-3-24-15(26-27,25-4-2)8-6-5-7-12-9-13(16(18,19)20)11-14(10-12)17(21,22)23/h9-11H,3-8H2,1-2,27H3. The van der Waals surface area contributed by atoms with Gasteiger partial charge in [0.15, 0.2) is 10.5 Å². The van der Waals surface area contributed by atoms with Gasteiger partial charge < -0.3 is 13.9 Å². The number of ether oxygens (including phenoxy) is 2. The van der Waals surface area contributed by atoms with Crippen molar-refractivity contribution in [3.63, 3.8) is 0 Å². The average Bonchev–Trinajstić information content (AvgIpc) is 2.57. The SMILES string of the molecule is CCOC(CCCCc1cc(C(F)(F)F)cc(C(F)(F)F)c1)(O[SiH3])OCC. The zero-order valence-corrected chi connectivity index (χ0v) is 17.5. The van der Waals surface area contributed by atoms with Gasteiger partial charge in [0.1, 0.15) is 0 Å². The predicted octanol–water partition coefficient (Wildman–Crippen LogP) is 4.46. The predicted molar refractivity (Wildman–Crippen MR) is 91.0 cm³/mol. The summed E-state index contributed by atoms with van der Waals surface area (Å²) in [4.78, 5) is 0. The maximum Gasteiger partial charge on any atom is 0.416 e. The van der Waals surface area contributed by atoms with E-state index in [0.717, 1.165) is 12.1 Å². The Morgan fingerprint density at radius 3 is 1.67 bits per heavy atom. The molecule has 0 unspecified atom stereocenters. The van der Waals surface area contributed by atoms with Crippen LogP contribution in [0.3, 0.4) is 0 Å². The van der Waals surface area contributed by atoms with E-state index in [1.165, 1.54) is 0 Å². The van der Waals surface area contributed by atoms with Crippen molar-refractivity contribution < 1.29 is 40.2 Å². The van der Waals surface area contributed by atoms with Gasteiger partial charge in [-0.15, -0.1) is 0 Å². The van der Waals surface area contributed by atoms with E-state index in [1.807, 2.05) is 0 Å². The van der Waals surface area contributed by atoms with E-state index in [1.54, 1.807) is 13.8 Å². The maximum absolute atomic E-state index is 12.9. The minimum Gasteiger partial charge on any atom is -0.380 e. The molecule has 0 aliphatic carbocycles. The van der Waals surface area contributed by atoms with Crippen molar-refractivity contribution in [2.24, 2.45) is 0 Å². The van der Waals surface area contributed by atoms with Gasteiger partial charge in [-0.05, 0) is 56.9 Å². The number of aryl methyl sites for hydroxylation is 1. The summed E-state index contributed by atoms with van der Waals surface area (Å²) >= 11 is 0. The third-order valence-corrected chi connectivity index (χ3v) is 4.51. The molecule has 1 aromatic carbocycles. The number of halogens is 6. The Balaban J connectivity index is 2.84. The van der Waals surface area contributed by atoms with Crippen molar-refractivity contribution in [3.05, 3.63) is 34.9 Å². The highest BCUT2D eigenvalue weighted by Crippen LogP contribution is 2.36. The second kappa shape index (κ2) is 9.90. The molecule has 0 aliphatic heterocycles. The van der Waals surface area contributed by atoms with Gasteiger partial charge in [-0.25, -0.2) is 0 Å². The number of hydrogen-bond donors (Lipinski definition) is 0. The number of rotatable bonds is 10. The van der Waals surface area contributed by atoms with Gasteiger partial charge in [-0.1, -0.05) is 0 Å². The summed E-state index contributed by atoms with van der Waals surface area (Å²) in [5.41, 5.74) is -2.61. The molecule has 3 nitrogen and oxygen atoms in total. The zero-order valence-electron chi connectivity index (χ0n) is 15.5. The lowest BCUT2D eigenvalue weighted by molar-refractivity contribution is -0.344. The molecule has 0 bridgehead atoms. The molecule has 0 amide bonds. The zero-order chi connectivity index (χ0) is 20.7. The van der Waals surface area contributed by atoms with Gasteiger partial charge >= 0.3 is 12.4 Å². The summed E-state index contributed by atoms with van der Waals surface area (Å²) in [7, 11) is 0.355. The van der Waals surface area contributed by atoms with Crippen LogP contribution in [0.1, 0.15) is 49.8 Å². The van der Waals surface area contributed by atoms with Crippen LogP contribution in [-0.2, 0) is 32.7 Å². The normalized spacial score (nSPS) is 13.3. The minimum absolute atomic E-state index is 0.0117. The Kier molecular flexibility index (Phi) is 8.78. The summed E-state index contributed by atoms with van der Waals surface area (Å²) in [6.45, 7) is 4.25. The lowest BCUT2D eigenvalue weighted by Gasteiger charge is -2.31. The highest BCUT2D eigenvalue weighted by Gasteiger charge is 2.37. The summed E-state index contributed by atoms with van der Waals surface area (Å²) in [5, 5.41) is 0. The summed E-state index contributed by atoms with van der Waals surface area (Å²) in [6.07, 6.45) is -8.44. The van der Waals surface area contributed by atoms with E-state index < -0.39 is 29.5 Å². The topological polar surface area (TPSA) is 27.7 Å². The molecule has 0 atom stereocenters. The quantitative estimate of drug-likeness (QED) is 0.243. The van der Waals surface area contributed by atoms with E-state index in [0.29, 0.717) is 43.0 Å². The van der Waals surface area contributed by atoms with Gasteiger partial charge in [0, 0.05) is 19.6 Å². The van der Waals surface area contributed by atoms with Gasteiger partial charge in [0.25, 0.3) is 5.97 Å². The lowest BCUT2D eigenvalue weighted by atomic mass is 10.00. The number of hydrogen-bond acceptors (Lipinski definition) is 3. The molecule has 0 heterocycles.